The Morgan fingerprint density at radius 2 is 2.11 bits per heavy atom. The molecule has 0 unspecified atom stereocenters. The number of carbonyl (C=O) groups excluding carboxylic acids is 1. The second kappa shape index (κ2) is 4.70. The fourth-order valence-electron chi connectivity index (χ4n) is 2.84. The highest BCUT2D eigenvalue weighted by Gasteiger charge is 2.47. The molecule has 0 bridgehead atoms. The van der Waals surface area contributed by atoms with Crippen LogP contribution in [0.2, 0.25) is 0 Å². The first-order valence-electron chi connectivity index (χ1n) is 6.79. The standard InChI is InChI=1S/C13H25N3O2/c1-10-13(9-14-6-7-15-13)5-8-16(10)11(17)18-12(2,3)4/h10,14-15H,5-9H2,1-4H3/t10-,13-/m1/s1. The zero-order valence-corrected chi connectivity index (χ0v) is 11.9. The lowest BCUT2D eigenvalue weighted by atomic mass is 9.89. The summed E-state index contributed by atoms with van der Waals surface area (Å²) in [4.78, 5) is 14.0. The van der Waals surface area contributed by atoms with E-state index in [1.54, 1.807) is 0 Å². The Morgan fingerprint density at radius 1 is 1.39 bits per heavy atom. The molecule has 2 rings (SSSR count). The van der Waals surface area contributed by atoms with Crippen molar-refractivity contribution < 1.29 is 9.53 Å². The van der Waals surface area contributed by atoms with Crippen LogP contribution >= 0.6 is 0 Å². The molecule has 0 aliphatic carbocycles. The van der Waals surface area contributed by atoms with Crippen LogP contribution in [0.5, 0.6) is 0 Å². The van der Waals surface area contributed by atoms with Gasteiger partial charge in [0.05, 0.1) is 11.6 Å². The molecule has 0 saturated carbocycles. The SMILES string of the molecule is C[C@H]1N(C(=O)OC(C)(C)C)CC[C@@]12CNCCN2. The van der Waals surface area contributed by atoms with Crippen molar-refractivity contribution in [3.63, 3.8) is 0 Å². The molecule has 0 radical (unpaired) electrons. The van der Waals surface area contributed by atoms with Crippen LogP contribution in [0.1, 0.15) is 34.1 Å². The minimum Gasteiger partial charge on any atom is -0.444 e. The predicted octanol–water partition coefficient (Wildman–Crippen LogP) is 0.947. The van der Waals surface area contributed by atoms with Crippen LogP contribution in [0.4, 0.5) is 4.79 Å². The number of nitrogens with one attached hydrogen (secondary N) is 2. The van der Waals surface area contributed by atoms with Gasteiger partial charge in [-0.15, -0.1) is 0 Å². The summed E-state index contributed by atoms with van der Waals surface area (Å²) in [7, 11) is 0. The molecule has 2 aliphatic heterocycles. The second-order valence-electron chi connectivity index (χ2n) is 6.36. The molecule has 5 nitrogen and oxygen atoms in total. The second-order valence-corrected chi connectivity index (χ2v) is 6.36. The summed E-state index contributed by atoms with van der Waals surface area (Å²) in [5.41, 5.74) is -0.403. The van der Waals surface area contributed by atoms with Crippen LogP contribution in [-0.2, 0) is 4.74 Å². The number of piperazine rings is 1. The predicted molar refractivity (Wildman–Crippen MR) is 70.6 cm³/mol. The highest BCUT2D eigenvalue weighted by atomic mass is 16.6. The van der Waals surface area contributed by atoms with Crippen LogP contribution in [0.25, 0.3) is 0 Å². The summed E-state index contributed by atoms with van der Waals surface area (Å²) in [6.07, 6.45) is 0.791. The Hall–Kier alpha value is -0.810. The Kier molecular flexibility index (Phi) is 3.56. The molecule has 0 aromatic carbocycles. The first-order chi connectivity index (χ1) is 8.34. The smallest absolute Gasteiger partial charge is 0.410 e. The van der Waals surface area contributed by atoms with Crippen LogP contribution in [-0.4, -0.2) is 54.4 Å². The van der Waals surface area contributed by atoms with Gasteiger partial charge in [-0.25, -0.2) is 4.79 Å². The van der Waals surface area contributed by atoms with E-state index in [2.05, 4.69) is 17.6 Å². The summed E-state index contributed by atoms with van der Waals surface area (Å²) in [5.74, 6) is 0. The zero-order valence-electron chi connectivity index (χ0n) is 11.9. The molecule has 2 aliphatic rings. The summed E-state index contributed by atoms with van der Waals surface area (Å²) in [6, 6.07) is 0.167. The normalized spacial score (nSPS) is 32.9. The summed E-state index contributed by atoms with van der Waals surface area (Å²) >= 11 is 0. The Bertz CT molecular complexity index is 319. The Balaban J connectivity index is 2.02. The Labute approximate surface area is 109 Å². The third-order valence-electron chi connectivity index (χ3n) is 3.91. The van der Waals surface area contributed by atoms with E-state index in [0.717, 1.165) is 32.6 Å². The van der Waals surface area contributed by atoms with Gasteiger partial charge in [-0.2, -0.15) is 0 Å². The van der Waals surface area contributed by atoms with E-state index in [1.807, 2.05) is 25.7 Å². The third kappa shape index (κ3) is 2.62. The zero-order chi connectivity index (χ0) is 13.4. The van der Waals surface area contributed by atoms with Crippen molar-refractivity contribution in [3.05, 3.63) is 0 Å². The highest BCUT2D eigenvalue weighted by Crippen LogP contribution is 2.30. The summed E-state index contributed by atoms with van der Waals surface area (Å²) in [5, 5.41) is 6.99. The molecule has 18 heavy (non-hydrogen) atoms. The fraction of sp³-hybridized carbons (Fsp3) is 0.923. The molecule has 2 saturated heterocycles. The van der Waals surface area contributed by atoms with E-state index in [9.17, 15) is 4.79 Å². The monoisotopic (exact) mass is 255 g/mol. The van der Waals surface area contributed by atoms with Gasteiger partial charge in [0.2, 0.25) is 0 Å². The number of hydrogen-bond donors (Lipinski definition) is 2. The number of rotatable bonds is 0. The molecular formula is C13H25N3O2. The largest absolute Gasteiger partial charge is 0.444 e. The van der Waals surface area contributed by atoms with Crippen LogP contribution in [0.15, 0.2) is 0 Å². The maximum atomic E-state index is 12.2. The number of ether oxygens (including phenoxy) is 1. The molecule has 2 fully saturated rings. The van der Waals surface area contributed by atoms with Gasteiger partial charge in [-0.1, -0.05) is 0 Å². The minimum atomic E-state index is -0.426. The van der Waals surface area contributed by atoms with Crippen molar-refractivity contribution in [1.82, 2.24) is 15.5 Å². The molecule has 2 N–H and O–H groups in total. The average Bonchev–Trinajstić information content (AvgIpc) is 2.56. The topological polar surface area (TPSA) is 53.6 Å². The van der Waals surface area contributed by atoms with Gasteiger partial charge in [0.15, 0.2) is 0 Å². The van der Waals surface area contributed by atoms with Gasteiger partial charge in [-0.05, 0) is 34.1 Å². The lowest BCUT2D eigenvalue weighted by Gasteiger charge is -2.40. The van der Waals surface area contributed by atoms with E-state index in [4.69, 9.17) is 4.74 Å². The van der Waals surface area contributed by atoms with E-state index in [0.29, 0.717) is 0 Å². The van der Waals surface area contributed by atoms with Crippen molar-refractivity contribution >= 4 is 6.09 Å². The van der Waals surface area contributed by atoms with E-state index < -0.39 is 5.60 Å². The van der Waals surface area contributed by atoms with Crippen molar-refractivity contribution in [3.8, 4) is 0 Å². The fourth-order valence-corrected chi connectivity index (χ4v) is 2.84. The lowest BCUT2D eigenvalue weighted by molar-refractivity contribution is 0.0199. The van der Waals surface area contributed by atoms with E-state index >= 15 is 0 Å². The lowest BCUT2D eigenvalue weighted by Crippen LogP contribution is -2.64. The number of amides is 1. The van der Waals surface area contributed by atoms with Gasteiger partial charge in [0.25, 0.3) is 0 Å². The van der Waals surface area contributed by atoms with Crippen LogP contribution in [0.3, 0.4) is 0 Å². The van der Waals surface area contributed by atoms with E-state index in [-0.39, 0.29) is 17.7 Å². The number of nitrogens with zero attached hydrogens (tertiary/aromatic N) is 1. The highest BCUT2D eigenvalue weighted by molar-refractivity contribution is 5.69. The molecule has 2 heterocycles. The van der Waals surface area contributed by atoms with Gasteiger partial charge >= 0.3 is 6.09 Å². The molecule has 104 valence electrons. The van der Waals surface area contributed by atoms with Gasteiger partial charge in [0, 0.05) is 26.2 Å². The maximum absolute atomic E-state index is 12.2. The first kappa shape index (κ1) is 13.6. The third-order valence-corrected chi connectivity index (χ3v) is 3.91. The molecule has 0 aromatic rings. The first-order valence-corrected chi connectivity index (χ1v) is 6.79. The van der Waals surface area contributed by atoms with Gasteiger partial charge in [0.1, 0.15) is 5.60 Å². The summed E-state index contributed by atoms with van der Waals surface area (Å²) < 4.78 is 5.46. The van der Waals surface area contributed by atoms with Gasteiger partial charge in [-0.3, -0.25) is 0 Å². The van der Waals surface area contributed by atoms with Crippen LogP contribution < -0.4 is 10.6 Å². The molecular weight excluding hydrogens is 230 g/mol. The quantitative estimate of drug-likeness (QED) is 0.676. The maximum Gasteiger partial charge on any atom is 0.410 e. The average molecular weight is 255 g/mol. The summed E-state index contributed by atoms with van der Waals surface area (Å²) in [6.45, 7) is 11.5. The van der Waals surface area contributed by atoms with Crippen molar-refractivity contribution in [2.75, 3.05) is 26.2 Å². The van der Waals surface area contributed by atoms with E-state index in [1.165, 1.54) is 0 Å². The molecule has 1 amide bonds. The molecule has 0 aromatic heterocycles. The van der Waals surface area contributed by atoms with Crippen molar-refractivity contribution in [2.24, 2.45) is 0 Å². The molecule has 5 heteroatoms. The molecule has 1 spiro atoms. The Morgan fingerprint density at radius 3 is 2.67 bits per heavy atom. The van der Waals surface area contributed by atoms with Crippen LogP contribution in [0, 0.1) is 0 Å². The minimum absolute atomic E-state index is 0.0230. The number of hydrogen-bond acceptors (Lipinski definition) is 4. The number of carbonyl (C=O) groups is 1. The number of likely N-dealkylation sites (tertiary alicyclic amines) is 1. The van der Waals surface area contributed by atoms with Gasteiger partial charge < -0.3 is 20.3 Å². The van der Waals surface area contributed by atoms with Crippen molar-refractivity contribution in [2.45, 2.75) is 51.3 Å². The molecule has 2 atom stereocenters. The van der Waals surface area contributed by atoms with Crippen molar-refractivity contribution in [1.29, 1.82) is 0 Å².